The lowest BCUT2D eigenvalue weighted by Gasteiger charge is -2.49. The maximum absolute atomic E-state index is 13.6. The van der Waals surface area contributed by atoms with Gasteiger partial charge in [-0.25, -0.2) is 15.0 Å². The number of nitrogens with two attached hydrogens (primary N) is 2. The summed E-state index contributed by atoms with van der Waals surface area (Å²) in [7, 11) is 0. The molecule has 14 heteroatoms. The van der Waals surface area contributed by atoms with Gasteiger partial charge in [-0.3, -0.25) is 9.59 Å². The predicted octanol–water partition coefficient (Wildman–Crippen LogP) is -1.35. The van der Waals surface area contributed by atoms with E-state index in [9.17, 15) is 19.8 Å². The third kappa shape index (κ3) is 4.12. The fourth-order valence-corrected chi connectivity index (χ4v) is 6.39. The zero-order valence-corrected chi connectivity index (χ0v) is 23.6. The molecule has 0 aliphatic carbocycles. The fraction of sp³-hybridized carbons (Fsp3) is 0.464. The highest BCUT2D eigenvalue weighted by atomic mass is 16.5. The van der Waals surface area contributed by atoms with Gasteiger partial charge < -0.3 is 47.3 Å². The Morgan fingerprint density at radius 1 is 1.14 bits per heavy atom. The van der Waals surface area contributed by atoms with Crippen LogP contribution in [0.5, 0.6) is 5.75 Å². The molecule has 0 bridgehead atoms. The van der Waals surface area contributed by atoms with Gasteiger partial charge in [0, 0.05) is 24.3 Å². The zero-order chi connectivity index (χ0) is 30.0. The molecule has 2 amide bonds. The summed E-state index contributed by atoms with van der Waals surface area (Å²) in [4.78, 5) is 41.0. The Balaban J connectivity index is 1.26. The minimum Gasteiger partial charge on any atom is -0.492 e. The maximum atomic E-state index is 13.6. The van der Waals surface area contributed by atoms with Crippen LogP contribution in [0.15, 0.2) is 46.4 Å². The lowest BCUT2D eigenvalue weighted by atomic mass is 9.79. The number of rotatable bonds is 5. The quantitative estimate of drug-likeness (QED) is 0.208. The smallest absolute Gasteiger partial charge is 0.269 e. The molecular weight excluding hydrogens is 542 g/mol. The summed E-state index contributed by atoms with van der Waals surface area (Å²) in [5.41, 5.74) is 12.6. The average molecular weight is 578 g/mol. The Labute approximate surface area is 242 Å². The molecule has 1 aromatic heterocycles. The number of amides is 2. The molecule has 222 valence electrons. The number of nitrogens with zero attached hydrogens (tertiary/aromatic N) is 4. The predicted molar refractivity (Wildman–Crippen MR) is 153 cm³/mol. The first-order valence-electron chi connectivity index (χ1n) is 13.8. The highest BCUT2D eigenvalue weighted by molar-refractivity contribution is 5.98. The number of nitrogens with one attached hydrogen (secondary N) is 3. The van der Waals surface area contributed by atoms with Crippen molar-refractivity contribution in [1.82, 2.24) is 25.8 Å². The number of benzene rings is 1. The second kappa shape index (κ2) is 9.56. The molecule has 1 aromatic carbocycles. The normalized spacial score (nSPS) is 28.2. The van der Waals surface area contributed by atoms with Gasteiger partial charge >= 0.3 is 0 Å². The number of aliphatic hydroxyl groups is 2. The molecule has 1 spiro atoms. The van der Waals surface area contributed by atoms with Crippen LogP contribution in [-0.2, 0) is 5.41 Å². The standard InChI is InChI=1S/C28H35N9O5/c1-14-6-4-9-17(32-14)23(39)31-12-18-21-27(36-24(29)35-21)28(40,41)19(13-37(27)25(30)33-18)34-22(38)15-7-5-8-16-20(15)42-11-10-26(16,2)3/h4-9,18-19,21,40-41H,10-13H2,1-3H3,(H2,30,33)(H,31,39)(H,34,38)(H3,29,35,36)/t18-,19?,21?,27?/m0/s1. The summed E-state index contributed by atoms with van der Waals surface area (Å²) < 4.78 is 5.90. The molecule has 4 aliphatic rings. The van der Waals surface area contributed by atoms with Gasteiger partial charge in [-0.1, -0.05) is 32.0 Å². The van der Waals surface area contributed by atoms with Gasteiger partial charge in [-0.15, -0.1) is 0 Å². The van der Waals surface area contributed by atoms with Gasteiger partial charge in [0.25, 0.3) is 11.8 Å². The monoisotopic (exact) mass is 577 g/mol. The number of hydrogen-bond donors (Lipinski definition) is 7. The molecule has 14 nitrogen and oxygen atoms in total. The van der Waals surface area contributed by atoms with E-state index in [0.717, 1.165) is 12.0 Å². The number of para-hydroxylation sites is 1. The summed E-state index contributed by atoms with van der Waals surface area (Å²) in [6.07, 6.45) is 0.803. The van der Waals surface area contributed by atoms with E-state index in [1.165, 1.54) is 4.90 Å². The molecular formula is C28H35N9O5. The van der Waals surface area contributed by atoms with E-state index in [1.54, 1.807) is 37.3 Å². The van der Waals surface area contributed by atoms with Gasteiger partial charge in [0.05, 0.1) is 18.2 Å². The fourth-order valence-electron chi connectivity index (χ4n) is 6.39. The largest absolute Gasteiger partial charge is 0.492 e. The van der Waals surface area contributed by atoms with E-state index in [4.69, 9.17) is 16.2 Å². The molecule has 6 rings (SSSR count). The number of hydrogen-bond acceptors (Lipinski definition) is 12. The van der Waals surface area contributed by atoms with Crippen LogP contribution >= 0.6 is 0 Å². The molecule has 3 unspecified atom stereocenters. The number of aryl methyl sites for hydroxylation is 1. The molecule has 1 saturated heterocycles. The molecule has 42 heavy (non-hydrogen) atoms. The zero-order valence-electron chi connectivity index (χ0n) is 23.6. The number of carbonyl (C=O) groups is 2. The van der Waals surface area contributed by atoms with Gasteiger partial charge in [0.15, 0.2) is 17.6 Å². The SMILES string of the molecule is Cc1cccc(C(=O)NC[C@@H]2N=C(N)N3CC(NC(=O)c4cccc5c4OCCC5(C)C)C(O)(O)C34NC(N)=NC24)n1. The van der Waals surface area contributed by atoms with Crippen LogP contribution in [-0.4, -0.2) is 93.1 Å². The first kappa shape index (κ1) is 27.7. The lowest BCUT2D eigenvalue weighted by Crippen LogP contribution is -2.78. The molecule has 0 saturated carbocycles. The van der Waals surface area contributed by atoms with Crippen LogP contribution in [0.2, 0.25) is 0 Å². The van der Waals surface area contributed by atoms with E-state index < -0.39 is 41.4 Å². The van der Waals surface area contributed by atoms with Crippen LogP contribution in [0.1, 0.15) is 52.4 Å². The number of ether oxygens (including phenoxy) is 1. The number of aliphatic imine (C=N–C) groups is 2. The van der Waals surface area contributed by atoms with Crippen LogP contribution in [0.25, 0.3) is 0 Å². The molecule has 9 N–H and O–H groups in total. The van der Waals surface area contributed by atoms with Crippen LogP contribution < -0.4 is 32.2 Å². The van der Waals surface area contributed by atoms with Crippen molar-refractivity contribution in [1.29, 1.82) is 0 Å². The van der Waals surface area contributed by atoms with Gasteiger partial charge in [0.2, 0.25) is 5.79 Å². The first-order valence-corrected chi connectivity index (χ1v) is 13.8. The van der Waals surface area contributed by atoms with Gasteiger partial charge in [-0.05, 0) is 37.0 Å². The minimum atomic E-state index is -2.62. The topological polar surface area (TPSA) is 213 Å². The van der Waals surface area contributed by atoms with Crippen molar-refractivity contribution < 1.29 is 24.5 Å². The van der Waals surface area contributed by atoms with Crippen LogP contribution in [0.3, 0.4) is 0 Å². The Morgan fingerprint density at radius 3 is 2.67 bits per heavy atom. The highest BCUT2D eigenvalue weighted by Gasteiger charge is 2.73. The van der Waals surface area contributed by atoms with Gasteiger partial charge in [-0.2, -0.15) is 0 Å². The molecule has 4 atom stereocenters. The van der Waals surface area contributed by atoms with E-state index in [1.807, 2.05) is 6.07 Å². The minimum absolute atomic E-state index is 0.0250. The molecule has 1 fully saturated rings. The van der Waals surface area contributed by atoms with Crippen LogP contribution in [0.4, 0.5) is 0 Å². The van der Waals surface area contributed by atoms with Crippen molar-refractivity contribution in [2.75, 3.05) is 19.7 Å². The first-order chi connectivity index (χ1) is 19.8. The third-order valence-electron chi connectivity index (χ3n) is 8.66. The van der Waals surface area contributed by atoms with Gasteiger partial charge in [0.1, 0.15) is 23.5 Å². The summed E-state index contributed by atoms with van der Waals surface area (Å²) in [6, 6.07) is 7.43. The lowest BCUT2D eigenvalue weighted by molar-refractivity contribution is -0.230. The molecule has 2 aromatic rings. The van der Waals surface area contributed by atoms with Crippen molar-refractivity contribution in [3.8, 4) is 5.75 Å². The average Bonchev–Trinajstić information content (AvgIpc) is 3.40. The Kier molecular flexibility index (Phi) is 6.31. The second-order valence-corrected chi connectivity index (χ2v) is 11.8. The third-order valence-corrected chi connectivity index (χ3v) is 8.66. The number of aromatic nitrogens is 1. The number of guanidine groups is 2. The summed E-state index contributed by atoms with van der Waals surface area (Å²) >= 11 is 0. The van der Waals surface area contributed by atoms with Crippen molar-refractivity contribution in [3.05, 3.63) is 58.9 Å². The number of fused-ring (bicyclic) bond motifs is 1. The second-order valence-electron chi connectivity index (χ2n) is 11.8. The Hall–Kier alpha value is -4.43. The number of pyridine rings is 1. The van der Waals surface area contributed by atoms with E-state index in [0.29, 0.717) is 18.1 Å². The van der Waals surface area contributed by atoms with Crippen molar-refractivity contribution >= 4 is 23.7 Å². The highest BCUT2D eigenvalue weighted by Crippen LogP contribution is 2.45. The number of carbonyl (C=O) groups excluding carboxylic acids is 2. The summed E-state index contributed by atoms with van der Waals surface area (Å²) in [5, 5.41) is 31.9. The maximum Gasteiger partial charge on any atom is 0.269 e. The molecule has 0 radical (unpaired) electrons. The van der Waals surface area contributed by atoms with Crippen LogP contribution in [0, 0.1) is 6.92 Å². The molecule has 4 aliphatic heterocycles. The van der Waals surface area contributed by atoms with E-state index in [-0.39, 0.29) is 41.7 Å². The van der Waals surface area contributed by atoms with Crippen molar-refractivity contribution in [3.63, 3.8) is 0 Å². The Morgan fingerprint density at radius 2 is 1.90 bits per heavy atom. The molecule has 5 heterocycles. The van der Waals surface area contributed by atoms with Crippen molar-refractivity contribution in [2.45, 2.75) is 62.2 Å². The summed E-state index contributed by atoms with van der Waals surface area (Å²) in [6.45, 7) is 6.27. The van der Waals surface area contributed by atoms with Crippen molar-refractivity contribution in [2.24, 2.45) is 21.5 Å². The summed E-state index contributed by atoms with van der Waals surface area (Å²) in [5.74, 6) is -3.19. The van der Waals surface area contributed by atoms with E-state index >= 15 is 0 Å². The Bertz CT molecular complexity index is 1520. The van der Waals surface area contributed by atoms with E-state index in [2.05, 4.69) is 44.8 Å².